The van der Waals surface area contributed by atoms with Crippen molar-refractivity contribution in [2.75, 3.05) is 11.9 Å². The van der Waals surface area contributed by atoms with Gasteiger partial charge in [-0.1, -0.05) is 0 Å². The highest BCUT2D eigenvalue weighted by Gasteiger charge is 2.07. The molecule has 0 aromatic carbocycles. The predicted octanol–water partition coefficient (Wildman–Crippen LogP) is 2.46. The van der Waals surface area contributed by atoms with Crippen LogP contribution < -0.4 is 5.32 Å². The Kier molecular flexibility index (Phi) is 3.74. The highest BCUT2D eigenvalue weighted by molar-refractivity contribution is 14.1. The largest absolute Gasteiger partial charge is 0.354 e. The van der Waals surface area contributed by atoms with E-state index in [1.807, 2.05) is 13.1 Å². The lowest BCUT2D eigenvalue weighted by Crippen LogP contribution is -2.06. The van der Waals surface area contributed by atoms with E-state index in [0.717, 1.165) is 20.4 Å². The quantitative estimate of drug-likeness (QED) is 0.814. The van der Waals surface area contributed by atoms with Crippen molar-refractivity contribution in [1.29, 1.82) is 0 Å². The van der Waals surface area contributed by atoms with E-state index in [0.29, 0.717) is 5.95 Å². The van der Waals surface area contributed by atoms with E-state index >= 15 is 0 Å². The average Bonchev–Trinajstić information content (AvgIpc) is 2.68. The molecule has 0 spiro atoms. The first-order chi connectivity index (χ1) is 7.70. The van der Waals surface area contributed by atoms with Crippen molar-refractivity contribution in [3.63, 3.8) is 0 Å². The maximum atomic E-state index is 4.37. The summed E-state index contributed by atoms with van der Waals surface area (Å²) in [6.07, 6.45) is 5.40. The molecule has 0 saturated heterocycles. The summed E-state index contributed by atoms with van der Waals surface area (Å²) in [5.74, 6) is 1.33. The molecule has 2 aromatic rings. The number of aromatic nitrogens is 4. The SMILES string of the molecule is CCNc1ncc(Br)c(-n2cc(I)cn2)n1. The van der Waals surface area contributed by atoms with Gasteiger partial charge in [-0.15, -0.1) is 0 Å². The van der Waals surface area contributed by atoms with E-state index in [4.69, 9.17) is 0 Å². The minimum Gasteiger partial charge on any atom is -0.354 e. The van der Waals surface area contributed by atoms with Crippen molar-refractivity contribution < 1.29 is 0 Å². The van der Waals surface area contributed by atoms with E-state index in [-0.39, 0.29) is 0 Å². The number of nitrogens with zero attached hydrogens (tertiary/aromatic N) is 4. The maximum absolute atomic E-state index is 4.37. The first-order valence-corrected chi connectivity index (χ1v) is 6.55. The van der Waals surface area contributed by atoms with Gasteiger partial charge in [-0.2, -0.15) is 10.1 Å². The summed E-state index contributed by atoms with van der Waals surface area (Å²) >= 11 is 5.62. The van der Waals surface area contributed by atoms with Crippen LogP contribution in [-0.2, 0) is 0 Å². The van der Waals surface area contributed by atoms with Gasteiger partial charge in [0, 0.05) is 18.9 Å². The third-order valence-electron chi connectivity index (χ3n) is 1.83. The topological polar surface area (TPSA) is 55.6 Å². The van der Waals surface area contributed by atoms with Gasteiger partial charge in [0.15, 0.2) is 5.82 Å². The van der Waals surface area contributed by atoms with Gasteiger partial charge in [-0.05, 0) is 45.4 Å². The van der Waals surface area contributed by atoms with Crippen molar-refractivity contribution in [2.24, 2.45) is 0 Å². The molecule has 0 bridgehead atoms. The fraction of sp³-hybridized carbons (Fsp3) is 0.222. The fourth-order valence-electron chi connectivity index (χ4n) is 1.18. The Morgan fingerprint density at radius 3 is 2.94 bits per heavy atom. The van der Waals surface area contributed by atoms with E-state index in [1.54, 1.807) is 17.1 Å². The summed E-state index contributed by atoms with van der Waals surface area (Å²) in [4.78, 5) is 8.52. The third kappa shape index (κ3) is 2.51. The summed E-state index contributed by atoms with van der Waals surface area (Å²) in [7, 11) is 0. The van der Waals surface area contributed by atoms with Crippen LogP contribution in [0.4, 0.5) is 5.95 Å². The summed E-state index contributed by atoms with van der Waals surface area (Å²) in [6.45, 7) is 2.79. The van der Waals surface area contributed by atoms with Crippen LogP contribution in [0.25, 0.3) is 5.82 Å². The van der Waals surface area contributed by atoms with Crippen molar-refractivity contribution >= 4 is 44.5 Å². The molecule has 0 atom stereocenters. The molecular weight excluding hydrogens is 385 g/mol. The Morgan fingerprint density at radius 1 is 1.50 bits per heavy atom. The summed E-state index contributed by atoms with van der Waals surface area (Å²) in [5, 5.41) is 7.27. The van der Waals surface area contributed by atoms with Gasteiger partial charge in [-0.25, -0.2) is 9.67 Å². The van der Waals surface area contributed by atoms with Crippen molar-refractivity contribution in [2.45, 2.75) is 6.92 Å². The van der Waals surface area contributed by atoms with Gasteiger partial charge < -0.3 is 5.32 Å². The predicted molar refractivity (Wildman–Crippen MR) is 73.7 cm³/mol. The van der Waals surface area contributed by atoms with Crippen LogP contribution in [0.15, 0.2) is 23.1 Å². The molecule has 0 unspecified atom stereocenters. The zero-order valence-electron chi connectivity index (χ0n) is 8.48. The Labute approximate surface area is 115 Å². The third-order valence-corrected chi connectivity index (χ3v) is 2.95. The van der Waals surface area contributed by atoms with Crippen LogP contribution in [0.2, 0.25) is 0 Å². The minimum absolute atomic E-state index is 0.603. The number of rotatable bonds is 3. The van der Waals surface area contributed by atoms with Gasteiger partial charge in [-0.3, -0.25) is 0 Å². The van der Waals surface area contributed by atoms with Crippen LogP contribution in [0.3, 0.4) is 0 Å². The highest BCUT2D eigenvalue weighted by atomic mass is 127. The van der Waals surface area contributed by atoms with Crippen LogP contribution in [0, 0.1) is 3.57 Å². The molecule has 0 saturated carbocycles. The zero-order chi connectivity index (χ0) is 11.5. The average molecular weight is 394 g/mol. The minimum atomic E-state index is 0.603. The van der Waals surface area contributed by atoms with Gasteiger partial charge in [0.2, 0.25) is 5.95 Å². The normalized spacial score (nSPS) is 10.4. The smallest absolute Gasteiger partial charge is 0.224 e. The number of nitrogens with one attached hydrogen (secondary N) is 1. The molecule has 0 amide bonds. The van der Waals surface area contributed by atoms with Gasteiger partial charge in [0.25, 0.3) is 0 Å². The van der Waals surface area contributed by atoms with E-state index in [1.165, 1.54) is 0 Å². The molecule has 0 fully saturated rings. The first-order valence-electron chi connectivity index (χ1n) is 4.67. The number of halogens is 2. The van der Waals surface area contributed by atoms with E-state index < -0.39 is 0 Å². The maximum Gasteiger partial charge on any atom is 0.224 e. The van der Waals surface area contributed by atoms with Crippen LogP contribution >= 0.6 is 38.5 Å². The van der Waals surface area contributed by atoms with Crippen molar-refractivity contribution in [3.8, 4) is 5.82 Å². The Hall–Kier alpha value is -0.700. The second-order valence-electron chi connectivity index (χ2n) is 3.00. The summed E-state index contributed by atoms with van der Waals surface area (Å²) in [6, 6.07) is 0. The van der Waals surface area contributed by atoms with Gasteiger partial charge in [0.05, 0.1) is 14.2 Å². The Balaban J connectivity index is 2.42. The fourth-order valence-corrected chi connectivity index (χ4v) is 1.94. The van der Waals surface area contributed by atoms with E-state index in [9.17, 15) is 0 Å². The molecule has 0 aliphatic carbocycles. The zero-order valence-corrected chi connectivity index (χ0v) is 12.2. The van der Waals surface area contributed by atoms with Crippen LogP contribution in [0.5, 0.6) is 0 Å². The lowest BCUT2D eigenvalue weighted by molar-refractivity contribution is 0.833. The Morgan fingerprint density at radius 2 is 2.31 bits per heavy atom. The molecule has 0 aliphatic rings. The molecule has 7 heteroatoms. The Bertz CT molecular complexity index is 498. The standard InChI is InChI=1S/C9H9BrIN5/c1-2-12-9-13-4-7(10)8(15-9)16-5-6(11)3-14-16/h3-5H,2H2,1H3,(H,12,13,15). The molecule has 2 heterocycles. The molecule has 84 valence electrons. The summed E-state index contributed by atoms with van der Waals surface area (Å²) < 4.78 is 3.59. The molecule has 1 N–H and O–H groups in total. The second kappa shape index (κ2) is 5.09. The van der Waals surface area contributed by atoms with Gasteiger partial charge >= 0.3 is 0 Å². The van der Waals surface area contributed by atoms with E-state index in [2.05, 4.69) is 58.9 Å². The molecule has 0 radical (unpaired) electrons. The number of hydrogen-bond acceptors (Lipinski definition) is 4. The molecule has 0 aliphatic heterocycles. The van der Waals surface area contributed by atoms with Crippen molar-refractivity contribution in [3.05, 3.63) is 26.6 Å². The number of anilines is 1. The van der Waals surface area contributed by atoms with Gasteiger partial charge in [0.1, 0.15) is 0 Å². The lowest BCUT2D eigenvalue weighted by Gasteiger charge is -2.06. The molecule has 2 rings (SSSR count). The second-order valence-corrected chi connectivity index (χ2v) is 5.10. The van der Waals surface area contributed by atoms with Crippen LogP contribution in [0.1, 0.15) is 6.92 Å². The monoisotopic (exact) mass is 393 g/mol. The molecule has 16 heavy (non-hydrogen) atoms. The highest BCUT2D eigenvalue weighted by Crippen LogP contribution is 2.19. The van der Waals surface area contributed by atoms with Crippen molar-refractivity contribution in [1.82, 2.24) is 19.7 Å². The lowest BCUT2D eigenvalue weighted by atomic mass is 10.5. The van der Waals surface area contributed by atoms with Crippen LogP contribution in [-0.4, -0.2) is 26.3 Å². The summed E-state index contributed by atoms with van der Waals surface area (Å²) in [5.41, 5.74) is 0. The first kappa shape index (κ1) is 11.8. The molecular formula is C9H9BrIN5. The molecule has 2 aromatic heterocycles. The molecule has 5 nitrogen and oxygen atoms in total. The number of hydrogen-bond donors (Lipinski definition) is 1.